The first-order chi connectivity index (χ1) is 14.2. The van der Waals surface area contributed by atoms with Crippen molar-refractivity contribution in [2.75, 3.05) is 13.7 Å². The normalized spacial score (nSPS) is 10.5. The molecule has 0 saturated heterocycles. The average molecular weight is 388 g/mol. The van der Waals surface area contributed by atoms with E-state index < -0.39 is 5.97 Å². The van der Waals surface area contributed by atoms with Gasteiger partial charge in [-0.25, -0.2) is 10.2 Å². The van der Waals surface area contributed by atoms with Gasteiger partial charge in [0, 0.05) is 0 Å². The molecule has 0 atom stereocenters. The molecule has 0 radical (unpaired) electrons. The molecule has 0 fully saturated rings. The van der Waals surface area contributed by atoms with Crippen molar-refractivity contribution in [3.8, 4) is 16.9 Å². The Morgan fingerprint density at radius 3 is 2.21 bits per heavy atom. The Hall–Kier alpha value is -3.93. The molecule has 0 aliphatic carbocycles. The first-order valence-corrected chi connectivity index (χ1v) is 8.94. The number of rotatable bonds is 7. The summed E-state index contributed by atoms with van der Waals surface area (Å²) in [6.07, 6.45) is 1.48. The molecule has 1 N–H and O–H groups in total. The molecule has 3 rings (SSSR count). The van der Waals surface area contributed by atoms with Crippen LogP contribution < -0.4 is 10.2 Å². The third-order valence-electron chi connectivity index (χ3n) is 4.07. The minimum atomic E-state index is -0.407. The second-order valence-corrected chi connectivity index (χ2v) is 6.09. The molecule has 29 heavy (non-hydrogen) atoms. The van der Waals surface area contributed by atoms with Gasteiger partial charge in [0.2, 0.25) is 0 Å². The zero-order chi connectivity index (χ0) is 20.5. The molecule has 0 bridgehead atoms. The number of carbonyl (C=O) groups is 2. The number of amides is 1. The van der Waals surface area contributed by atoms with Crippen LogP contribution in [0.15, 0.2) is 84.0 Å². The van der Waals surface area contributed by atoms with E-state index in [9.17, 15) is 9.59 Å². The molecule has 0 saturated carbocycles. The smallest absolute Gasteiger partial charge is 0.337 e. The number of methoxy groups -OCH3 is 1. The topological polar surface area (TPSA) is 77.0 Å². The van der Waals surface area contributed by atoms with Crippen molar-refractivity contribution in [2.45, 2.75) is 0 Å². The lowest BCUT2D eigenvalue weighted by molar-refractivity contribution is -0.123. The number of carbonyl (C=O) groups excluding carboxylic acids is 2. The number of ether oxygens (including phenoxy) is 2. The minimum Gasteiger partial charge on any atom is -0.484 e. The molecular weight excluding hydrogens is 368 g/mol. The van der Waals surface area contributed by atoms with Crippen molar-refractivity contribution >= 4 is 18.1 Å². The van der Waals surface area contributed by atoms with E-state index in [4.69, 9.17) is 4.74 Å². The van der Waals surface area contributed by atoms with Gasteiger partial charge in [-0.2, -0.15) is 5.10 Å². The maximum atomic E-state index is 11.9. The van der Waals surface area contributed by atoms with Gasteiger partial charge in [0.15, 0.2) is 6.61 Å². The molecule has 0 aliphatic rings. The molecule has 3 aromatic rings. The van der Waals surface area contributed by atoms with Crippen molar-refractivity contribution in [3.63, 3.8) is 0 Å². The summed E-state index contributed by atoms with van der Waals surface area (Å²) in [5.74, 6) is -0.183. The maximum Gasteiger partial charge on any atom is 0.337 e. The predicted molar refractivity (Wildman–Crippen MR) is 111 cm³/mol. The van der Waals surface area contributed by atoms with E-state index >= 15 is 0 Å². The third kappa shape index (κ3) is 5.77. The SMILES string of the molecule is COC(=O)c1ccc(/C=N\NC(=O)COc2ccc(-c3ccccc3)cc2)cc1. The van der Waals surface area contributed by atoms with Crippen LogP contribution in [0.2, 0.25) is 0 Å². The standard InChI is InChI=1S/C23H20N2O4/c1-28-23(27)20-9-7-17(8-10-20)15-24-25-22(26)16-29-21-13-11-19(12-14-21)18-5-3-2-4-6-18/h2-15H,16H2,1H3,(H,25,26)/b24-15-. The van der Waals surface area contributed by atoms with Crippen molar-refractivity contribution < 1.29 is 19.1 Å². The summed E-state index contributed by atoms with van der Waals surface area (Å²) in [6.45, 7) is -0.150. The largest absolute Gasteiger partial charge is 0.484 e. The van der Waals surface area contributed by atoms with Crippen molar-refractivity contribution in [1.82, 2.24) is 5.43 Å². The Kier molecular flexibility index (Phi) is 6.73. The zero-order valence-electron chi connectivity index (χ0n) is 15.9. The van der Waals surface area contributed by atoms with Gasteiger partial charge in [0.1, 0.15) is 5.75 Å². The van der Waals surface area contributed by atoms with Crippen LogP contribution >= 0.6 is 0 Å². The van der Waals surface area contributed by atoms with Crippen molar-refractivity contribution in [2.24, 2.45) is 5.10 Å². The van der Waals surface area contributed by atoms with E-state index in [0.717, 1.165) is 16.7 Å². The highest BCUT2D eigenvalue weighted by molar-refractivity contribution is 5.90. The highest BCUT2D eigenvalue weighted by Crippen LogP contribution is 2.21. The monoisotopic (exact) mass is 388 g/mol. The van der Waals surface area contributed by atoms with Gasteiger partial charge in [0.25, 0.3) is 5.91 Å². The van der Waals surface area contributed by atoms with E-state index in [2.05, 4.69) is 15.3 Å². The molecule has 6 heteroatoms. The van der Waals surface area contributed by atoms with E-state index in [0.29, 0.717) is 11.3 Å². The highest BCUT2D eigenvalue weighted by Gasteiger charge is 2.04. The predicted octanol–water partition coefficient (Wildman–Crippen LogP) is 3.67. The molecule has 6 nitrogen and oxygen atoms in total. The van der Waals surface area contributed by atoms with Crippen LogP contribution in [0, 0.1) is 0 Å². The number of nitrogens with one attached hydrogen (secondary N) is 1. The van der Waals surface area contributed by atoms with Gasteiger partial charge in [-0.15, -0.1) is 0 Å². The van der Waals surface area contributed by atoms with Crippen molar-refractivity contribution in [1.29, 1.82) is 0 Å². The fraction of sp³-hybridized carbons (Fsp3) is 0.0870. The van der Waals surface area contributed by atoms with E-state index in [1.54, 1.807) is 24.3 Å². The van der Waals surface area contributed by atoms with Gasteiger partial charge < -0.3 is 9.47 Å². The lowest BCUT2D eigenvalue weighted by Gasteiger charge is -2.06. The highest BCUT2D eigenvalue weighted by atomic mass is 16.5. The summed E-state index contributed by atoms with van der Waals surface area (Å²) in [5, 5.41) is 3.88. The first kappa shape index (κ1) is 19.8. The Morgan fingerprint density at radius 1 is 0.897 bits per heavy atom. The molecule has 146 valence electrons. The Labute approximate surface area is 168 Å². The van der Waals surface area contributed by atoms with Crippen molar-refractivity contribution in [3.05, 3.63) is 90.0 Å². The first-order valence-electron chi connectivity index (χ1n) is 8.94. The maximum absolute atomic E-state index is 11.9. The summed E-state index contributed by atoms with van der Waals surface area (Å²) in [4.78, 5) is 23.2. The number of benzene rings is 3. The van der Waals surface area contributed by atoms with E-state index in [1.807, 2.05) is 54.6 Å². The molecule has 3 aromatic carbocycles. The summed E-state index contributed by atoms with van der Waals surface area (Å²) in [5.41, 5.74) is 5.77. The molecule has 0 heterocycles. The average Bonchev–Trinajstić information content (AvgIpc) is 2.78. The van der Waals surface area contributed by atoms with Gasteiger partial charge in [0.05, 0.1) is 18.9 Å². The van der Waals surface area contributed by atoms with Crippen LogP contribution in [0.3, 0.4) is 0 Å². The summed E-state index contributed by atoms with van der Waals surface area (Å²) in [7, 11) is 1.33. The van der Waals surface area contributed by atoms with Crippen LogP contribution in [0.25, 0.3) is 11.1 Å². The Bertz CT molecular complexity index is 982. The van der Waals surface area contributed by atoms with Crippen LogP contribution in [-0.2, 0) is 9.53 Å². The number of hydrazone groups is 1. The lowest BCUT2D eigenvalue weighted by Crippen LogP contribution is -2.24. The molecule has 0 unspecified atom stereocenters. The molecule has 0 aromatic heterocycles. The Morgan fingerprint density at radius 2 is 1.55 bits per heavy atom. The second-order valence-electron chi connectivity index (χ2n) is 6.09. The molecule has 1 amide bonds. The van der Waals surface area contributed by atoms with Gasteiger partial charge in [-0.3, -0.25) is 4.79 Å². The van der Waals surface area contributed by atoms with Crippen LogP contribution in [0.4, 0.5) is 0 Å². The van der Waals surface area contributed by atoms with Gasteiger partial charge in [-0.1, -0.05) is 54.6 Å². The zero-order valence-corrected chi connectivity index (χ0v) is 15.9. The third-order valence-corrected chi connectivity index (χ3v) is 4.07. The molecule has 0 aliphatic heterocycles. The van der Waals surface area contributed by atoms with E-state index in [1.165, 1.54) is 13.3 Å². The number of esters is 1. The minimum absolute atomic E-state index is 0.150. The summed E-state index contributed by atoms with van der Waals surface area (Å²) < 4.78 is 10.1. The van der Waals surface area contributed by atoms with Gasteiger partial charge in [-0.05, 0) is 41.0 Å². The fourth-order valence-electron chi connectivity index (χ4n) is 2.56. The summed E-state index contributed by atoms with van der Waals surface area (Å²) in [6, 6.07) is 24.2. The lowest BCUT2D eigenvalue weighted by atomic mass is 10.1. The second kappa shape index (κ2) is 9.85. The van der Waals surface area contributed by atoms with Crippen LogP contribution in [-0.4, -0.2) is 31.8 Å². The van der Waals surface area contributed by atoms with Crippen LogP contribution in [0.5, 0.6) is 5.75 Å². The molecule has 0 spiro atoms. The fourth-order valence-corrected chi connectivity index (χ4v) is 2.56. The number of nitrogens with zero attached hydrogens (tertiary/aromatic N) is 1. The number of hydrogen-bond donors (Lipinski definition) is 1. The van der Waals surface area contributed by atoms with E-state index in [-0.39, 0.29) is 12.5 Å². The summed E-state index contributed by atoms with van der Waals surface area (Å²) >= 11 is 0. The van der Waals surface area contributed by atoms with Gasteiger partial charge >= 0.3 is 5.97 Å². The molecular formula is C23H20N2O4. The quantitative estimate of drug-likeness (QED) is 0.381. The number of hydrogen-bond acceptors (Lipinski definition) is 5. The van der Waals surface area contributed by atoms with Crippen LogP contribution in [0.1, 0.15) is 15.9 Å². The Balaban J connectivity index is 1.46.